The van der Waals surface area contributed by atoms with Crippen molar-refractivity contribution in [2.75, 3.05) is 11.9 Å². The van der Waals surface area contributed by atoms with Gasteiger partial charge in [0.05, 0.1) is 10.6 Å². The molecule has 0 bridgehead atoms. The number of ether oxygens (including phenoxy) is 1. The minimum Gasteiger partial charge on any atom is -0.484 e. The summed E-state index contributed by atoms with van der Waals surface area (Å²) in [5, 5.41) is 15.7. The van der Waals surface area contributed by atoms with Crippen molar-refractivity contribution in [3.05, 3.63) is 45.0 Å². The van der Waals surface area contributed by atoms with E-state index in [0.717, 1.165) is 5.69 Å². The van der Waals surface area contributed by atoms with E-state index in [9.17, 15) is 14.9 Å². The van der Waals surface area contributed by atoms with Gasteiger partial charge in [-0.2, -0.15) is 0 Å². The molecule has 110 valence electrons. The topological polar surface area (TPSA) is 94.4 Å². The van der Waals surface area contributed by atoms with Crippen LogP contribution in [0.1, 0.15) is 11.3 Å². The first-order valence-corrected chi connectivity index (χ1v) is 6.93. The highest BCUT2D eigenvalue weighted by molar-refractivity contribution is 7.13. The monoisotopic (exact) mass is 307 g/mol. The lowest BCUT2D eigenvalue weighted by Crippen LogP contribution is -2.20. The summed E-state index contributed by atoms with van der Waals surface area (Å²) in [7, 11) is 0. The second kappa shape index (κ2) is 6.31. The van der Waals surface area contributed by atoms with E-state index >= 15 is 0 Å². The van der Waals surface area contributed by atoms with E-state index in [1.165, 1.54) is 29.5 Å². The van der Waals surface area contributed by atoms with Crippen molar-refractivity contribution in [3.8, 4) is 5.75 Å². The molecule has 0 radical (unpaired) electrons. The van der Waals surface area contributed by atoms with Crippen LogP contribution in [-0.4, -0.2) is 22.4 Å². The van der Waals surface area contributed by atoms with Crippen LogP contribution in [0.5, 0.6) is 5.75 Å². The molecule has 0 saturated carbocycles. The molecule has 0 aliphatic heterocycles. The van der Waals surface area contributed by atoms with Crippen LogP contribution in [0.3, 0.4) is 0 Å². The summed E-state index contributed by atoms with van der Waals surface area (Å²) in [6.07, 6.45) is 0. The first kappa shape index (κ1) is 14.9. The summed E-state index contributed by atoms with van der Waals surface area (Å²) in [6.45, 7) is 3.27. The Balaban J connectivity index is 1.92. The summed E-state index contributed by atoms with van der Waals surface area (Å²) in [5.41, 5.74) is 1.33. The Morgan fingerprint density at radius 2 is 2.24 bits per heavy atom. The number of amides is 1. The number of nitrogens with one attached hydrogen (secondary N) is 1. The number of rotatable bonds is 5. The first-order chi connectivity index (χ1) is 9.95. The van der Waals surface area contributed by atoms with E-state index in [2.05, 4.69) is 10.3 Å². The molecule has 1 aromatic heterocycles. The van der Waals surface area contributed by atoms with Crippen molar-refractivity contribution < 1.29 is 14.5 Å². The Labute approximate surface area is 124 Å². The van der Waals surface area contributed by atoms with Gasteiger partial charge in [0.25, 0.3) is 11.6 Å². The van der Waals surface area contributed by atoms with Gasteiger partial charge in [-0.1, -0.05) is 0 Å². The first-order valence-electron chi connectivity index (χ1n) is 6.05. The van der Waals surface area contributed by atoms with Gasteiger partial charge in [0.1, 0.15) is 5.75 Å². The Morgan fingerprint density at radius 1 is 1.48 bits per heavy atom. The lowest BCUT2D eigenvalue weighted by Gasteiger charge is -2.06. The van der Waals surface area contributed by atoms with Gasteiger partial charge < -0.3 is 4.74 Å². The highest BCUT2D eigenvalue weighted by atomic mass is 32.1. The van der Waals surface area contributed by atoms with Gasteiger partial charge in [-0.3, -0.25) is 20.2 Å². The molecule has 0 unspecified atom stereocenters. The van der Waals surface area contributed by atoms with Gasteiger partial charge in [0.15, 0.2) is 11.7 Å². The molecular weight excluding hydrogens is 294 g/mol. The third-order valence-electron chi connectivity index (χ3n) is 2.60. The number of carbonyl (C=O) groups excluding carboxylic acids is 1. The van der Waals surface area contributed by atoms with E-state index in [4.69, 9.17) is 4.74 Å². The van der Waals surface area contributed by atoms with E-state index in [1.807, 2.05) is 12.3 Å². The van der Waals surface area contributed by atoms with E-state index in [0.29, 0.717) is 16.4 Å². The average molecular weight is 307 g/mol. The van der Waals surface area contributed by atoms with E-state index < -0.39 is 4.92 Å². The standard InChI is InChI=1S/C13H13N3O4S/c1-8-5-10(3-4-11(8)16(18)19)20-6-12(17)15-13-14-9(2)7-21-13/h3-5,7H,6H2,1-2H3,(H,14,15,17). The maximum absolute atomic E-state index is 11.7. The maximum Gasteiger partial charge on any atom is 0.272 e. The average Bonchev–Trinajstić information content (AvgIpc) is 2.81. The quantitative estimate of drug-likeness (QED) is 0.677. The fourth-order valence-corrected chi connectivity index (χ4v) is 2.34. The molecule has 0 saturated heterocycles. The molecule has 0 fully saturated rings. The smallest absolute Gasteiger partial charge is 0.272 e. The van der Waals surface area contributed by atoms with Crippen molar-refractivity contribution in [3.63, 3.8) is 0 Å². The third kappa shape index (κ3) is 3.99. The van der Waals surface area contributed by atoms with Crippen LogP contribution < -0.4 is 10.1 Å². The molecule has 21 heavy (non-hydrogen) atoms. The molecule has 1 amide bonds. The SMILES string of the molecule is Cc1csc(NC(=O)COc2ccc([N+](=O)[O-])c(C)c2)n1. The van der Waals surface area contributed by atoms with E-state index in [-0.39, 0.29) is 18.2 Å². The summed E-state index contributed by atoms with van der Waals surface area (Å²) < 4.78 is 5.30. The highest BCUT2D eigenvalue weighted by Crippen LogP contribution is 2.23. The maximum atomic E-state index is 11.7. The number of nitro benzene ring substituents is 1. The zero-order valence-electron chi connectivity index (χ0n) is 11.5. The fraction of sp³-hybridized carbons (Fsp3) is 0.231. The predicted octanol–water partition coefficient (Wildman–Crippen LogP) is 2.69. The van der Waals surface area contributed by atoms with Gasteiger partial charge in [-0.15, -0.1) is 11.3 Å². The highest BCUT2D eigenvalue weighted by Gasteiger charge is 2.12. The van der Waals surface area contributed by atoms with Gasteiger partial charge in [-0.05, 0) is 26.0 Å². The Hall–Kier alpha value is -2.48. The number of carbonyl (C=O) groups is 1. The number of hydrogen-bond donors (Lipinski definition) is 1. The number of thiazole rings is 1. The number of hydrogen-bond acceptors (Lipinski definition) is 6. The number of aryl methyl sites for hydroxylation is 2. The summed E-state index contributed by atoms with van der Waals surface area (Å²) in [5.74, 6) is 0.0731. The lowest BCUT2D eigenvalue weighted by atomic mass is 10.2. The van der Waals surface area contributed by atoms with Crippen LogP contribution in [0.4, 0.5) is 10.8 Å². The van der Waals surface area contributed by atoms with Gasteiger partial charge in [0.2, 0.25) is 0 Å². The molecule has 7 nitrogen and oxygen atoms in total. The van der Waals surface area contributed by atoms with Crippen LogP contribution in [0.15, 0.2) is 23.6 Å². The Bertz CT molecular complexity index is 684. The number of nitro groups is 1. The Kier molecular flexibility index (Phi) is 4.49. The molecule has 8 heteroatoms. The Morgan fingerprint density at radius 3 is 2.81 bits per heavy atom. The van der Waals surface area contributed by atoms with Crippen molar-refractivity contribution in [1.29, 1.82) is 0 Å². The van der Waals surface area contributed by atoms with Crippen LogP contribution in [-0.2, 0) is 4.79 Å². The van der Waals surface area contributed by atoms with E-state index in [1.54, 1.807) is 6.92 Å². The molecule has 2 rings (SSSR count). The van der Waals surface area contributed by atoms with Gasteiger partial charge >= 0.3 is 0 Å². The second-order valence-electron chi connectivity index (χ2n) is 4.34. The molecule has 0 aliphatic rings. The number of nitrogens with zero attached hydrogens (tertiary/aromatic N) is 2. The largest absolute Gasteiger partial charge is 0.484 e. The summed E-state index contributed by atoms with van der Waals surface area (Å²) in [6, 6.07) is 4.34. The molecule has 1 N–H and O–H groups in total. The molecule has 0 aliphatic carbocycles. The van der Waals surface area contributed by atoms with Gasteiger partial charge in [-0.25, -0.2) is 4.98 Å². The lowest BCUT2D eigenvalue weighted by molar-refractivity contribution is -0.385. The molecule has 2 aromatic rings. The van der Waals surface area contributed by atoms with Crippen molar-refractivity contribution in [2.45, 2.75) is 13.8 Å². The van der Waals surface area contributed by atoms with Crippen LogP contribution >= 0.6 is 11.3 Å². The van der Waals surface area contributed by atoms with Crippen molar-refractivity contribution >= 4 is 28.1 Å². The molecule has 0 spiro atoms. The molecule has 1 heterocycles. The zero-order chi connectivity index (χ0) is 15.4. The minimum atomic E-state index is -0.462. The second-order valence-corrected chi connectivity index (χ2v) is 5.19. The minimum absolute atomic E-state index is 0.0186. The van der Waals surface area contributed by atoms with Gasteiger partial charge in [0, 0.05) is 17.0 Å². The zero-order valence-corrected chi connectivity index (χ0v) is 12.3. The number of anilines is 1. The number of aromatic nitrogens is 1. The van der Waals surface area contributed by atoms with Crippen LogP contribution in [0, 0.1) is 24.0 Å². The van der Waals surface area contributed by atoms with Crippen LogP contribution in [0.2, 0.25) is 0 Å². The summed E-state index contributed by atoms with van der Waals surface area (Å²) >= 11 is 1.33. The van der Waals surface area contributed by atoms with Crippen molar-refractivity contribution in [2.24, 2.45) is 0 Å². The number of benzene rings is 1. The third-order valence-corrected chi connectivity index (χ3v) is 3.48. The fourth-order valence-electron chi connectivity index (χ4n) is 1.64. The molecular formula is C13H13N3O4S. The molecule has 0 atom stereocenters. The molecule has 1 aromatic carbocycles. The van der Waals surface area contributed by atoms with Crippen molar-refractivity contribution in [1.82, 2.24) is 4.98 Å². The summed E-state index contributed by atoms with van der Waals surface area (Å²) in [4.78, 5) is 26.0. The predicted molar refractivity (Wildman–Crippen MR) is 78.8 cm³/mol. The van der Waals surface area contributed by atoms with Crippen LogP contribution in [0.25, 0.3) is 0 Å². The normalized spacial score (nSPS) is 10.2.